The lowest BCUT2D eigenvalue weighted by molar-refractivity contribution is 0.249. The van der Waals surface area contributed by atoms with Crippen molar-refractivity contribution < 1.29 is 4.79 Å². The normalized spacial score (nSPS) is 34.9. The van der Waals surface area contributed by atoms with E-state index in [1.165, 1.54) is 25.7 Å². The van der Waals surface area contributed by atoms with Crippen LogP contribution in [0, 0.1) is 11.8 Å². The Kier molecular flexibility index (Phi) is 2.20. The molecular weight excluding hydrogens is 166 g/mol. The number of primary amides is 1. The summed E-state index contributed by atoms with van der Waals surface area (Å²) in [7, 11) is 0. The summed E-state index contributed by atoms with van der Waals surface area (Å²) in [5.41, 5.74) is 8.43. The molecule has 0 aromatic carbocycles. The molecule has 2 saturated carbocycles. The summed E-state index contributed by atoms with van der Waals surface area (Å²) in [5, 5.41) is 4.06. The molecule has 2 aliphatic rings. The molecule has 4 heteroatoms. The summed E-state index contributed by atoms with van der Waals surface area (Å²) in [6.07, 6.45) is 6.16. The van der Waals surface area contributed by atoms with Crippen molar-refractivity contribution in [1.29, 1.82) is 0 Å². The molecule has 2 aliphatic carbocycles. The zero-order chi connectivity index (χ0) is 9.26. The van der Waals surface area contributed by atoms with Gasteiger partial charge in [0.25, 0.3) is 0 Å². The van der Waals surface area contributed by atoms with Crippen molar-refractivity contribution in [2.75, 3.05) is 0 Å². The lowest BCUT2D eigenvalue weighted by Gasteiger charge is -2.08. The number of nitrogens with zero attached hydrogens (tertiary/aromatic N) is 1. The van der Waals surface area contributed by atoms with E-state index in [0.717, 1.165) is 18.1 Å². The van der Waals surface area contributed by atoms with Crippen LogP contribution in [0.4, 0.5) is 4.79 Å². The largest absolute Gasteiger partial charge is 0.350 e. The summed E-state index contributed by atoms with van der Waals surface area (Å²) in [6.45, 7) is 0. The molecule has 0 bridgehead atoms. The summed E-state index contributed by atoms with van der Waals surface area (Å²) < 4.78 is 0. The maximum Gasteiger partial charge on any atom is 0.332 e. The predicted octanol–water partition coefficient (Wildman–Crippen LogP) is 1.22. The molecule has 2 amide bonds. The minimum Gasteiger partial charge on any atom is -0.350 e. The molecule has 0 aliphatic heterocycles. The van der Waals surface area contributed by atoms with Crippen molar-refractivity contribution in [3.63, 3.8) is 0 Å². The Morgan fingerprint density at radius 3 is 3.08 bits per heavy atom. The number of carbonyl (C=O) groups excluding carboxylic acids is 1. The van der Waals surface area contributed by atoms with Crippen LogP contribution in [-0.4, -0.2) is 11.7 Å². The van der Waals surface area contributed by atoms with Gasteiger partial charge >= 0.3 is 6.03 Å². The number of hydrogen-bond acceptors (Lipinski definition) is 2. The number of nitrogens with one attached hydrogen (secondary N) is 1. The first-order chi connectivity index (χ1) is 6.27. The van der Waals surface area contributed by atoms with E-state index in [1.807, 2.05) is 0 Å². The number of amides is 2. The topological polar surface area (TPSA) is 67.5 Å². The van der Waals surface area contributed by atoms with Gasteiger partial charge in [0.2, 0.25) is 0 Å². The van der Waals surface area contributed by atoms with Crippen molar-refractivity contribution >= 4 is 11.7 Å². The smallest absolute Gasteiger partial charge is 0.332 e. The zero-order valence-corrected chi connectivity index (χ0v) is 7.62. The van der Waals surface area contributed by atoms with Crippen molar-refractivity contribution in [3.05, 3.63) is 0 Å². The second-order valence-corrected chi connectivity index (χ2v) is 3.92. The third-order valence-corrected chi connectivity index (χ3v) is 3.17. The molecule has 13 heavy (non-hydrogen) atoms. The number of rotatable bonds is 1. The third-order valence-electron chi connectivity index (χ3n) is 3.17. The summed E-state index contributed by atoms with van der Waals surface area (Å²) in [4.78, 5) is 10.5. The minimum absolute atomic E-state index is 0.561. The van der Waals surface area contributed by atoms with Gasteiger partial charge in [-0.2, -0.15) is 5.10 Å². The molecule has 2 rings (SSSR count). The molecule has 3 N–H and O–H groups in total. The van der Waals surface area contributed by atoms with E-state index >= 15 is 0 Å². The quantitative estimate of drug-likeness (QED) is 0.587. The van der Waals surface area contributed by atoms with Gasteiger partial charge in [-0.25, -0.2) is 10.2 Å². The van der Waals surface area contributed by atoms with E-state index < -0.39 is 6.03 Å². The minimum atomic E-state index is -0.561. The Bertz CT molecular complexity index is 249. The highest BCUT2D eigenvalue weighted by Gasteiger charge is 2.36. The molecule has 0 heterocycles. The second-order valence-electron chi connectivity index (χ2n) is 3.92. The number of hydrogen-bond donors (Lipinski definition) is 2. The molecule has 2 unspecified atom stereocenters. The second kappa shape index (κ2) is 3.36. The van der Waals surface area contributed by atoms with Gasteiger partial charge in [0.05, 0.1) is 0 Å². The summed E-state index contributed by atoms with van der Waals surface area (Å²) in [5.74, 6) is 1.46. The van der Waals surface area contributed by atoms with Crippen LogP contribution in [0.25, 0.3) is 0 Å². The Hall–Kier alpha value is -1.06. The van der Waals surface area contributed by atoms with Crippen LogP contribution in [-0.2, 0) is 0 Å². The first-order valence-corrected chi connectivity index (χ1v) is 4.89. The monoisotopic (exact) mass is 181 g/mol. The molecule has 0 aromatic rings. The fourth-order valence-electron chi connectivity index (χ4n) is 2.61. The van der Waals surface area contributed by atoms with Crippen LogP contribution in [0.15, 0.2) is 5.10 Å². The fourth-order valence-corrected chi connectivity index (χ4v) is 2.61. The Balaban J connectivity index is 2.00. The van der Waals surface area contributed by atoms with Crippen LogP contribution >= 0.6 is 0 Å². The highest BCUT2D eigenvalue weighted by Crippen LogP contribution is 2.42. The molecule has 72 valence electrons. The van der Waals surface area contributed by atoms with E-state index in [2.05, 4.69) is 10.5 Å². The molecule has 0 aromatic heterocycles. The van der Waals surface area contributed by atoms with Gasteiger partial charge in [0.1, 0.15) is 0 Å². The number of fused-ring (bicyclic) bond motifs is 1. The molecule has 2 fully saturated rings. The van der Waals surface area contributed by atoms with E-state index in [-0.39, 0.29) is 0 Å². The number of hydrazone groups is 1. The van der Waals surface area contributed by atoms with Crippen LogP contribution in [0.1, 0.15) is 32.1 Å². The maximum absolute atomic E-state index is 10.5. The van der Waals surface area contributed by atoms with Gasteiger partial charge in [0.15, 0.2) is 0 Å². The van der Waals surface area contributed by atoms with Crippen LogP contribution < -0.4 is 11.2 Å². The van der Waals surface area contributed by atoms with E-state index in [0.29, 0.717) is 5.92 Å². The lowest BCUT2D eigenvalue weighted by atomic mass is 10.00. The summed E-state index contributed by atoms with van der Waals surface area (Å²) in [6, 6.07) is -0.561. The van der Waals surface area contributed by atoms with E-state index in [1.54, 1.807) is 0 Å². The zero-order valence-electron chi connectivity index (χ0n) is 7.62. The summed E-state index contributed by atoms with van der Waals surface area (Å²) >= 11 is 0. The van der Waals surface area contributed by atoms with Crippen molar-refractivity contribution in [1.82, 2.24) is 5.43 Å². The predicted molar refractivity (Wildman–Crippen MR) is 50.2 cm³/mol. The Morgan fingerprint density at radius 1 is 1.46 bits per heavy atom. The molecule has 4 nitrogen and oxygen atoms in total. The Labute approximate surface area is 77.6 Å². The molecular formula is C9H15N3O. The third kappa shape index (κ3) is 1.66. The number of urea groups is 1. The van der Waals surface area contributed by atoms with Gasteiger partial charge in [-0.3, -0.25) is 0 Å². The van der Waals surface area contributed by atoms with Gasteiger partial charge in [0, 0.05) is 11.6 Å². The number of carbonyl (C=O) groups is 1. The Morgan fingerprint density at radius 2 is 2.31 bits per heavy atom. The molecule has 0 saturated heterocycles. The van der Waals surface area contributed by atoms with Crippen molar-refractivity contribution in [2.45, 2.75) is 32.1 Å². The van der Waals surface area contributed by atoms with Gasteiger partial charge in [-0.1, -0.05) is 6.42 Å². The standard InChI is InChI=1S/C9H15N3O/c10-9(13)12-11-8-5-4-6-2-1-3-7(6)8/h6-7H,1-5H2,(H3,10,12,13)/b11-8-. The van der Waals surface area contributed by atoms with Gasteiger partial charge in [-0.15, -0.1) is 0 Å². The maximum atomic E-state index is 10.5. The van der Waals surface area contributed by atoms with Crippen molar-refractivity contribution in [2.24, 2.45) is 22.7 Å². The van der Waals surface area contributed by atoms with Gasteiger partial charge < -0.3 is 5.73 Å². The average Bonchev–Trinajstić information content (AvgIpc) is 2.60. The first kappa shape index (κ1) is 8.53. The molecule has 0 radical (unpaired) electrons. The van der Waals surface area contributed by atoms with Crippen LogP contribution in [0.5, 0.6) is 0 Å². The molecule has 0 spiro atoms. The van der Waals surface area contributed by atoms with E-state index in [4.69, 9.17) is 5.73 Å². The lowest BCUT2D eigenvalue weighted by Crippen LogP contribution is -2.26. The first-order valence-electron chi connectivity index (χ1n) is 4.89. The average molecular weight is 181 g/mol. The number of nitrogens with two attached hydrogens (primary N) is 1. The fraction of sp³-hybridized carbons (Fsp3) is 0.778. The highest BCUT2D eigenvalue weighted by atomic mass is 16.2. The van der Waals surface area contributed by atoms with Gasteiger partial charge in [-0.05, 0) is 31.6 Å². The van der Waals surface area contributed by atoms with Crippen LogP contribution in [0.3, 0.4) is 0 Å². The van der Waals surface area contributed by atoms with E-state index in [9.17, 15) is 4.79 Å². The highest BCUT2D eigenvalue weighted by molar-refractivity contribution is 5.90. The van der Waals surface area contributed by atoms with Crippen LogP contribution in [0.2, 0.25) is 0 Å². The SMILES string of the molecule is NC(=O)N/N=C1/CCC2CCCC12. The molecule has 2 atom stereocenters. The van der Waals surface area contributed by atoms with Crippen molar-refractivity contribution in [3.8, 4) is 0 Å².